The van der Waals surface area contributed by atoms with Crippen molar-refractivity contribution in [3.05, 3.63) is 47.3 Å². The molecule has 1 atom stereocenters. The minimum Gasteiger partial charge on any atom is -0.387 e. The Labute approximate surface area is 116 Å². The van der Waals surface area contributed by atoms with Crippen LogP contribution in [0, 0.1) is 5.92 Å². The van der Waals surface area contributed by atoms with Crippen LogP contribution in [0.4, 0.5) is 0 Å². The first-order valence-electron chi connectivity index (χ1n) is 7.57. The summed E-state index contributed by atoms with van der Waals surface area (Å²) in [6.07, 6.45) is 16.9. The summed E-state index contributed by atoms with van der Waals surface area (Å²) in [5.74, 6) is 0.552. The minimum absolute atomic E-state index is 0.552. The molecule has 2 heteroatoms. The van der Waals surface area contributed by atoms with Gasteiger partial charge in [-0.1, -0.05) is 23.8 Å². The molecule has 0 bridgehead atoms. The summed E-state index contributed by atoms with van der Waals surface area (Å²) in [7, 11) is 0. The van der Waals surface area contributed by atoms with Gasteiger partial charge in [-0.15, -0.1) is 0 Å². The number of nitrogens with one attached hydrogen (secondary N) is 1. The molecule has 2 nitrogen and oxygen atoms in total. The molecule has 0 amide bonds. The topological polar surface area (TPSA) is 15.3 Å². The van der Waals surface area contributed by atoms with Gasteiger partial charge in [0.05, 0.1) is 0 Å². The van der Waals surface area contributed by atoms with Crippen molar-refractivity contribution in [3.8, 4) is 0 Å². The highest BCUT2D eigenvalue weighted by atomic mass is 15.1. The Balaban J connectivity index is 1.64. The molecule has 102 valence electrons. The van der Waals surface area contributed by atoms with E-state index in [4.69, 9.17) is 0 Å². The third kappa shape index (κ3) is 2.94. The summed E-state index contributed by atoms with van der Waals surface area (Å²) >= 11 is 0. The fourth-order valence-electron chi connectivity index (χ4n) is 3.16. The Morgan fingerprint density at radius 1 is 1.21 bits per heavy atom. The van der Waals surface area contributed by atoms with Gasteiger partial charge in [0.1, 0.15) is 0 Å². The zero-order valence-electron chi connectivity index (χ0n) is 11.9. The molecule has 1 unspecified atom stereocenters. The molecule has 0 aromatic rings. The average molecular weight is 256 g/mol. The number of allylic oxidation sites excluding steroid dienone is 5. The molecule has 1 fully saturated rings. The van der Waals surface area contributed by atoms with Gasteiger partial charge in [0.15, 0.2) is 0 Å². The van der Waals surface area contributed by atoms with Gasteiger partial charge in [0, 0.05) is 37.4 Å². The van der Waals surface area contributed by atoms with Crippen LogP contribution in [0.1, 0.15) is 32.6 Å². The number of likely N-dealkylation sites (tertiary alicyclic amines) is 1. The second-order valence-corrected chi connectivity index (χ2v) is 5.89. The van der Waals surface area contributed by atoms with Crippen molar-refractivity contribution in [2.75, 3.05) is 19.6 Å². The summed E-state index contributed by atoms with van der Waals surface area (Å²) in [5, 5.41) is 3.36. The van der Waals surface area contributed by atoms with Crippen molar-refractivity contribution < 1.29 is 0 Å². The van der Waals surface area contributed by atoms with Crippen molar-refractivity contribution in [1.82, 2.24) is 10.2 Å². The van der Waals surface area contributed by atoms with Crippen molar-refractivity contribution in [2.45, 2.75) is 32.6 Å². The van der Waals surface area contributed by atoms with Crippen LogP contribution in [0.5, 0.6) is 0 Å². The number of hydrogen-bond acceptors (Lipinski definition) is 2. The SMILES string of the molecule is CC1=CC(C2C=CC(N3CCCCC3)=CC2)=CNC1. The van der Waals surface area contributed by atoms with Gasteiger partial charge in [-0.25, -0.2) is 0 Å². The van der Waals surface area contributed by atoms with Crippen LogP contribution < -0.4 is 5.32 Å². The Morgan fingerprint density at radius 3 is 2.74 bits per heavy atom. The van der Waals surface area contributed by atoms with Crippen LogP contribution in [-0.2, 0) is 0 Å². The zero-order valence-corrected chi connectivity index (χ0v) is 11.9. The molecule has 19 heavy (non-hydrogen) atoms. The van der Waals surface area contributed by atoms with Gasteiger partial charge in [-0.05, 0) is 44.3 Å². The van der Waals surface area contributed by atoms with Gasteiger partial charge < -0.3 is 10.2 Å². The lowest BCUT2D eigenvalue weighted by Crippen LogP contribution is -2.29. The first kappa shape index (κ1) is 12.6. The van der Waals surface area contributed by atoms with Gasteiger partial charge in [0.2, 0.25) is 0 Å². The van der Waals surface area contributed by atoms with Crippen LogP contribution >= 0.6 is 0 Å². The lowest BCUT2D eigenvalue weighted by molar-refractivity contribution is 0.291. The summed E-state index contributed by atoms with van der Waals surface area (Å²) in [6.45, 7) is 5.67. The highest BCUT2D eigenvalue weighted by molar-refractivity contribution is 5.36. The molecule has 3 aliphatic rings. The monoisotopic (exact) mass is 256 g/mol. The summed E-state index contributed by atoms with van der Waals surface area (Å²) in [4.78, 5) is 2.55. The van der Waals surface area contributed by atoms with Crippen LogP contribution in [0.3, 0.4) is 0 Å². The number of nitrogens with zero attached hydrogens (tertiary/aromatic N) is 1. The molecular formula is C17H24N2. The van der Waals surface area contributed by atoms with Crippen molar-refractivity contribution >= 4 is 0 Å². The summed E-state index contributed by atoms with van der Waals surface area (Å²) in [6, 6.07) is 0. The van der Waals surface area contributed by atoms with E-state index in [1.807, 2.05) is 0 Å². The smallest absolute Gasteiger partial charge is 0.0355 e. The maximum Gasteiger partial charge on any atom is 0.0355 e. The molecule has 0 aromatic heterocycles. The molecule has 3 rings (SSSR count). The lowest BCUT2D eigenvalue weighted by Gasteiger charge is -2.32. The van der Waals surface area contributed by atoms with Gasteiger partial charge in [0.25, 0.3) is 0 Å². The number of hydrogen-bond donors (Lipinski definition) is 1. The highest BCUT2D eigenvalue weighted by Crippen LogP contribution is 2.28. The zero-order chi connectivity index (χ0) is 13.1. The van der Waals surface area contributed by atoms with Crippen LogP contribution in [0.25, 0.3) is 0 Å². The van der Waals surface area contributed by atoms with Crippen molar-refractivity contribution in [1.29, 1.82) is 0 Å². The van der Waals surface area contributed by atoms with E-state index in [9.17, 15) is 0 Å². The van der Waals surface area contributed by atoms with Crippen molar-refractivity contribution in [3.63, 3.8) is 0 Å². The third-order valence-corrected chi connectivity index (χ3v) is 4.29. The standard InChI is InChI=1S/C17H24N2/c1-14-11-16(13-18-12-14)15-5-7-17(8-6-15)19-9-3-2-4-10-19/h5,7-8,11,13,15,18H,2-4,6,9-10,12H2,1H3. The number of piperidine rings is 1. The molecular weight excluding hydrogens is 232 g/mol. The quantitative estimate of drug-likeness (QED) is 0.815. The van der Waals surface area contributed by atoms with Gasteiger partial charge in [-0.3, -0.25) is 0 Å². The number of rotatable bonds is 2. The molecule has 1 saturated heterocycles. The molecule has 1 aliphatic carbocycles. The molecule has 2 heterocycles. The largest absolute Gasteiger partial charge is 0.387 e. The van der Waals surface area contributed by atoms with Crippen LogP contribution in [0.2, 0.25) is 0 Å². The second-order valence-electron chi connectivity index (χ2n) is 5.89. The Hall–Kier alpha value is -1.44. The van der Waals surface area contributed by atoms with E-state index in [-0.39, 0.29) is 0 Å². The maximum absolute atomic E-state index is 3.36. The van der Waals surface area contributed by atoms with Crippen molar-refractivity contribution in [2.24, 2.45) is 5.92 Å². The van der Waals surface area contributed by atoms with Gasteiger partial charge in [-0.2, -0.15) is 0 Å². The fourth-order valence-corrected chi connectivity index (χ4v) is 3.16. The average Bonchev–Trinajstić information content (AvgIpc) is 2.48. The molecule has 0 spiro atoms. The molecule has 0 radical (unpaired) electrons. The Morgan fingerprint density at radius 2 is 2.05 bits per heavy atom. The maximum atomic E-state index is 3.36. The Kier molecular flexibility index (Phi) is 3.77. The number of dihydropyridines is 1. The van der Waals surface area contributed by atoms with E-state index in [2.05, 4.69) is 47.6 Å². The fraction of sp³-hybridized carbons (Fsp3) is 0.529. The first-order chi connectivity index (χ1) is 9.33. The van der Waals surface area contributed by atoms with E-state index in [1.165, 1.54) is 49.2 Å². The summed E-state index contributed by atoms with van der Waals surface area (Å²) < 4.78 is 0. The van der Waals surface area contributed by atoms with Crippen LogP contribution in [0.15, 0.2) is 47.3 Å². The third-order valence-electron chi connectivity index (χ3n) is 4.29. The highest BCUT2D eigenvalue weighted by Gasteiger charge is 2.18. The van der Waals surface area contributed by atoms with E-state index >= 15 is 0 Å². The molecule has 0 saturated carbocycles. The Bertz CT molecular complexity index is 448. The van der Waals surface area contributed by atoms with E-state index in [0.29, 0.717) is 5.92 Å². The van der Waals surface area contributed by atoms with E-state index < -0.39 is 0 Å². The van der Waals surface area contributed by atoms with Gasteiger partial charge >= 0.3 is 0 Å². The first-order valence-corrected chi connectivity index (χ1v) is 7.57. The molecule has 2 aliphatic heterocycles. The predicted molar refractivity (Wildman–Crippen MR) is 80.6 cm³/mol. The minimum atomic E-state index is 0.552. The normalized spacial score (nSPS) is 27.3. The summed E-state index contributed by atoms with van der Waals surface area (Å²) in [5.41, 5.74) is 4.30. The molecule has 1 N–H and O–H groups in total. The second kappa shape index (κ2) is 5.68. The predicted octanol–water partition coefficient (Wildman–Crippen LogP) is 3.37. The molecule has 0 aromatic carbocycles. The van der Waals surface area contributed by atoms with E-state index in [1.54, 1.807) is 0 Å². The van der Waals surface area contributed by atoms with E-state index in [0.717, 1.165) is 13.0 Å². The lowest BCUT2D eigenvalue weighted by atomic mass is 9.89. The van der Waals surface area contributed by atoms with Crippen LogP contribution in [-0.4, -0.2) is 24.5 Å².